The van der Waals surface area contributed by atoms with Crippen molar-refractivity contribution in [2.75, 3.05) is 5.75 Å². The van der Waals surface area contributed by atoms with E-state index in [0.717, 1.165) is 40.3 Å². The van der Waals surface area contributed by atoms with Crippen molar-refractivity contribution in [2.24, 2.45) is 5.92 Å². The Balaban J connectivity index is 1.39. The molecule has 0 aromatic carbocycles. The summed E-state index contributed by atoms with van der Waals surface area (Å²) in [5.41, 5.74) is 2.41. The molecule has 0 saturated carbocycles. The summed E-state index contributed by atoms with van der Waals surface area (Å²) in [6.07, 6.45) is 10.8. The predicted molar refractivity (Wildman–Crippen MR) is 112 cm³/mol. The van der Waals surface area contributed by atoms with Gasteiger partial charge in [0.25, 0.3) is 0 Å². The lowest BCUT2D eigenvalue weighted by Gasteiger charge is -2.44. The van der Waals surface area contributed by atoms with Gasteiger partial charge in [-0.15, -0.1) is 11.8 Å². The Morgan fingerprint density at radius 3 is 2.83 bits per heavy atom. The number of carbonyl (C=O) groups excluding carboxylic acids is 1. The Labute approximate surface area is 174 Å². The summed E-state index contributed by atoms with van der Waals surface area (Å²) >= 11 is 1.72. The summed E-state index contributed by atoms with van der Waals surface area (Å²) in [5, 5.41) is 17.0. The zero-order valence-electron chi connectivity index (χ0n) is 16.3. The van der Waals surface area contributed by atoms with Crippen LogP contribution >= 0.6 is 11.8 Å². The number of carbonyl (C=O) groups is 1. The van der Waals surface area contributed by atoms with Crippen LogP contribution < -0.4 is 0 Å². The molecule has 0 spiro atoms. The highest BCUT2D eigenvalue weighted by molar-refractivity contribution is 8.08. The molecule has 2 bridgehead atoms. The van der Waals surface area contributed by atoms with Gasteiger partial charge in [-0.3, -0.25) is 14.9 Å². The van der Waals surface area contributed by atoms with E-state index >= 15 is 0 Å². The van der Waals surface area contributed by atoms with Gasteiger partial charge in [-0.2, -0.15) is 10.4 Å². The van der Waals surface area contributed by atoms with E-state index in [2.05, 4.69) is 32.2 Å². The van der Waals surface area contributed by atoms with Gasteiger partial charge in [0.05, 0.1) is 23.9 Å². The van der Waals surface area contributed by atoms with Crippen LogP contribution in [0.15, 0.2) is 36.8 Å². The van der Waals surface area contributed by atoms with E-state index in [-0.39, 0.29) is 23.9 Å². The van der Waals surface area contributed by atoms with Crippen LogP contribution in [0.4, 0.5) is 0 Å². The minimum atomic E-state index is -0.587. The number of H-pyrrole nitrogens is 1. The molecule has 0 aliphatic carbocycles. The van der Waals surface area contributed by atoms with E-state index in [0.29, 0.717) is 12.8 Å². The van der Waals surface area contributed by atoms with Crippen molar-refractivity contribution in [3.05, 3.63) is 53.6 Å². The zero-order valence-corrected chi connectivity index (χ0v) is 17.2. The van der Waals surface area contributed by atoms with Crippen LogP contribution in [-0.2, 0) is 10.2 Å². The molecule has 2 saturated heterocycles. The smallest absolute Gasteiger partial charge is 0.230 e. The number of amides is 1. The number of aromatic nitrogens is 3. The number of thioether (sulfide) groups is 1. The molecule has 1 N–H and O–H groups in total. The van der Waals surface area contributed by atoms with Crippen molar-refractivity contribution in [1.82, 2.24) is 20.1 Å². The van der Waals surface area contributed by atoms with Crippen molar-refractivity contribution in [1.29, 1.82) is 5.26 Å². The van der Waals surface area contributed by atoms with Crippen molar-refractivity contribution in [3.8, 4) is 6.07 Å². The maximum atomic E-state index is 13.4. The molecule has 3 unspecified atom stereocenters. The highest BCUT2D eigenvalue weighted by atomic mass is 32.2. The molecule has 2 fully saturated rings. The van der Waals surface area contributed by atoms with Gasteiger partial charge in [0, 0.05) is 40.7 Å². The first kappa shape index (κ1) is 18.4. The van der Waals surface area contributed by atoms with Crippen LogP contribution in [0.5, 0.6) is 0 Å². The van der Waals surface area contributed by atoms with Gasteiger partial charge >= 0.3 is 0 Å². The van der Waals surface area contributed by atoms with Gasteiger partial charge in [-0.05, 0) is 44.2 Å². The van der Waals surface area contributed by atoms with Gasteiger partial charge in [-0.25, -0.2) is 0 Å². The zero-order chi connectivity index (χ0) is 20.0. The van der Waals surface area contributed by atoms with Gasteiger partial charge in [0.2, 0.25) is 5.91 Å². The maximum absolute atomic E-state index is 13.4. The van der Waals surface area contributed by atoms with E-state index in [1.807, 2.05) is 25.3 Å². The molecular formula is C22H23N5OS. The van der Waals surface area contributed by atoms with Crippen LogP contribution in [0.2, 0.25) is 0 Å². The molecule has 1 amide bonds. The third-order valence-electron chi connectivity index (χ3n) is 6.59. The molecule has 2 aromatic rings. The van der Waals surface area contributed by atoms with Crippen LogP contribution in [-0.4, -0.2) is 43.8 Å². The summed E-state index contributed by atoms with van der Waals surface area (Å²) in [6.45, 7) is 2.03. The van der Waals surface area contributed by atoms with Gasteiger partial charge in [0.15, 0.2) is 0 Å². The maximum Gasteiger partial charge on any atom is 0.230 e. The summed E-state index contributed by atoms with van der Waals surface area (Å²) in [5.74, 6) is 0.893. The Morgan fingerprint density at radius 2 is 2.17 bits per heavy atom. The molecule has 7 heteroatoms. The number of nitrogens with zero attached hydrogens (tertiary/aromatic N) is 4. The number of fused-ring (bicyclic) bond motifs is 2. The second kappa shape index (κ2) is 7.03. The SMILES string of the molecule is Cc1cccnc1C1(C#N)CC2CCC(C1)N2C(=O)C1C=C(c2cn[nH]c2)SC1. The Bertz CT molecular complexity index is 994. The molecule has 29 heavy (non-hydrogen) atoms. The lowest BCUT2D eigenvalue weighted by molar-refractivity contribution is -0.138. The number of aromatic amines is 1. The van der Waals surface area contributed by atoms with Crippen LogP contribution in [0.1, 0.15) is 42.5 Å². The van der Waals surface area contributed by atoms with Crippen LogP contribution in [0, 0.1) is 24.2 Å². The van der Waals surface area contributed by atoms with Gasteiger partial charge in [-0.1, -0.05) is 12.1 Å². The molecule has 3 atom stereocenters. The molecule has 2 aromatic heterocycles. The molecule has 3 aliphatic rings. The number of aryl methyl sites for hydroxylation is 1. The summed E-state index contributed by atoms with van der Waals surface area (Å²) < 4.78 is 0. The predicted octanol–water partition coefficient (Wildman–Crippen LogP) is 3.43. The minimum Gasteiger partial charge on any atom is -0.336 e. The Hall–Kier alpha value is -2.59. The highest BCUT2D eigenvalue weighted by Gasteiger charge is 2.53. The van der Waals surface area contributed by atoms with Crippen molar-refractivity contribution >= 4 is 22.6 Å². The number of pyridine rings is 1. The number of rotatable bonds is 3. The molecule has 0 radical (unpaired) electrons. The first-order valence-electron chi connectivity index (χ1n) is 10.1. The fraction of sp³-hybridized carbons (Fsp3) is 0.455. The number of hydrogen-bond donors (Lipinski definition) is 1. The molecule has 3 aliphatic heterocycles. The molecule has 5 rings (SSSR count). The average Bonchev–Trinajstić information content (AvgIpc) is 3.47. The minimum absolute atomic E-state index is 0.0980. The molecule has 5 heterocycles. The van der Waals surface area contributed by atoms with E-state index in [9.17, 15) is 10.1 Å². The van der Waals surface area contributed by atoms with Crippen molar-refractivity contribution in [3.63, 3.8) is 0 Å². The van der Waals surface area contributed by atoms with E-state index < -0.39 is 5.41 Å². The lowest BCUT2D eigenvalue weighted by atomic mass is 9.72. The van der Waals surface area contributed by atoms with Crippen molar-refractivity contribution < 1.29 is 4.79 Å². The Morgan fingerprint density at radius 1 is 1.38 bits per heavy atom. The third-order valence-corrected chi connectivity index (χ3v) is 7.80. The van der Waals surface area contributed by atoms with E-state index in [4.69, 9.17) is 0 Å². The highest BCUT2D eigenvalue weighted by Crippen LogP contribution is 2.48. The van der Waals surface area contributed by atoms with Crippen LogP contribution in [0.25, 0.3) is 4.91 Å². The fourth-order valence-electron chi connectivity index (χ4n) is 5.29. The lowest BCUT2D eigenvalue weighted by Crippen LogP contribution is -2.53. The number of nitrogens with one attached hydrogen (secondary N) is 1. The summed E-state index contributed by atoms with van der Waals surface area (Å²) in [7, 11) is 0. The van der Waals surface area contributed by atoms with E-state index in [1.54, 1.807) is 24.2 Å². The quantitative estimate of drug-likeness (QED) is 0.845. The molecular weight excluding hydrogens is 382 g/mol. The van der Waals surface area contributed by atoms with Crippen LogP contribution in [0.3, 0.4) is 0 Å². The topological polar surface area (TPSA) is 85.7 Å². The largest absolute Gasteiger partial charge is 0.336 e. The fourth-order valence-corrected chi connectivity index (χ4v) is 6.43. The first-order chi connectivity index (χ1) is 14.1. The van der Waals surface area contributed by atoms with E-state index in [1.165, 1.54) is 0 Å². The summed E-state index contributed by atoms with van der Waals surface area (Å²) in [6, 6.07) is 6.79. The standard InChI is InChI=1S/C22H23N5OS/c1-14-3-2-6-24-20(14)22(13-23)8-17-4-5-18(9-22)27(17)21(28)15-7-19(29-12-15)16-10-25-26-11-16/h2-3,6-7,10-11,15,17-18H,4-5,8-9,12H2,1H3,(H,25,26). The second-order valence-corrected chi connectivity index (χ2v) is 9.40. The number of hydrogen-bond acceptors (Lipinski definition) is 5. The van der Waals surface area contributed by atoms with Gasteiger partial charge < -0.3 is 4.90 Å². The molecule has 6 nitrogen and oxygen atoms in total. The molecule has 148 valence electrons. The average molecular weight is 406 g/mol. The van der Waals surface area contributed by atoms with Gasteiger partial charge in [0.1, 0.15) is 5.41 Å². The Kier molecular flexibility index (Phi) is 4.47. The summed E-state index contributed by atoms with van der Waals surface area (Å²) in [4.78, 5) is 21.2. The third kappa shape index (κ3) is 2.98. The van der Waals surface area contributed by atoms with Crippen molar-refractivity contribution in [2.45, 2.75) is 50.1 Å². The number of nitriles is 1. The second-order valence-electron chi connectivity index (χ2n) is 8.34. The normalized spacial score (nSPS) is 30.8. The first-order valence-corrected chi connectivity index (χ1v) is 11.1. The monoisotopic (exact) mass is 405 g/mol. The number of piperidine rings is 1.